The van der Waals surface area contributed by atoms with E-state index >= 15 is 0 Å². The van der Waals surface area contributed by atoms with Gasteiger partial charge in [0.05, 0.1) is 11.4 Å². The second-order valence-corrected chi connectivity index (χ2v) is 31.6. The minimum atomic E-state index is -0.301. The lowest BCUT2D eigenvalue weighted by atomic mass is 9.90. The Bertz CT molecular complexity index is 5820. The molecule has 676 valence electrons. The van der Waals surface area contributed by atoms with Crippen molar-refractivity contribution in [2.24, 2.45) is 0 Å². The van der Waals surface area contributed by atoms with Gasteiger partial charge < -0.3 is 128 Å². The minimum Gasteiger partial charge on any atom is -0.505 e. The lowest BCUT2D eigenvalue weighted by molar-refractivity contribution is 0.0965. The van der Waals surface area contributed by atoms with Crippen LogP contribution in [-0.2, 0) is 45.4 Å². The molecule has 2 aliphatic rings. The molecule has 1 saturated carbocycles. The lowest BCUT2D eigenvalue weighted by Gasteiger charge is -2.34. The van der Waals surface area contributed by atoms with Gasteiger partial charge in [-0.25, -0.2) is 4.98 Å². The summed E-state index contributed by atoms with van der Waals surface area (Å²) in [5.41, 5.74) is 13.2. The molecular formula is C100H107N5O24. The number of rotatable bonds is 20. The maximum Gasteiger partial charge on any atom is 0.170 e. The fourth-order valence-electron chi connectivity index (χ4n) is 14.3. The van der Waals surface area contributed by atoms with E-state index in [9.17, 15) is 112 Å². The first-order valence-electron chi connectivity index (χ1n) is 41.3. The van der Waals surface area contributed by atoms with E-state index in [1.54, 1.807) is 85.8 Å². The molecule has 12 aromatic carbocycles. The van der Waals surface area contributed by atoms with Gasteiger partial charge in [0.25, 0.3) is 0 Å². The number of hydrogen-bond donors (Lipinski definition) is 25. The van der Waals surface area contributed by atoms with E-state index in [1.165, 1.54) is 134 Å². The molecule has 29 heteroatoms. The van der Waals surface area contributed by atoms with Crippen LogP contribution in [0.4, 0.5) is 0 Å². The number of ketones is 1. The van der Waals surface area contributed by atoms with Crippen LogP contribution in [0.5, 0.6) is 132 Å². The Morgan fingerprint density at radius 3 is 1.01 bits per heavy atom. The van der Waals surface area contributed by atoms with Crippen molar-refractivity contribution >= 4 is 5.78 Å². The third kappa shape index (κ3) is 27.4. The monoisotopic (exact) mass is 1760 g/mol. The molecule has 2 unspecified atom stereocenters. The van der Waals surface area contributed by atoms with Gasteiger partial charge in [-0.1, -0.05) is 92.6 Å². The van der Waals surface area contributed by atoms with Gasteiger partial charge in [0, 0.05) is 87.0 Å². The number of phenolic OH excluding ortho intramolecular Hbond substituents is 22. The number of Topliss-reactive ketones (excluding diaryl/α,β-unsaturated/α-hetero) is 1. The molecule has 3 atom stereocenters. The molecule has 0 spiro atoms. The van der Waals surface area contributed by atoms with Gasteiger partial charge in [-0.05, 0) is 271 Å². The number of aromatic hydroxyl groups is 23. The maximum absolute atomic E-state index is 12.4. The molecule has 0 radical (unpaired) electrons. The van der Waals surface area contributed by atoms with Crippen LogP contribution in [0.2, 0.25) is 0 Å². The highest BCUT2D eigenvalue weighted by molar-refractivity contribution is 6.01. The summed E-state index contributed by atoms with van der Waals surface area (Å²) in [6.45, 7) is 13.9. The van der Waals surface area contributed by atoms with Gasteiger partial charge in [0.15, 0.2) is 132 Å². The van der Waals surface area contributed by atoms with Gasteiger partial charge in [0.2, 0.25) is 0 Å². The Labute approximate surface area is 744 Å². The van der Waals surface area contributed by atoms with Crippen LogP contribution in [0.15, 0.2) is 224 Å². The summed E-state index contributed by atoms with van der Waals surface area (Å²) < 4.78 is 0. The van der Waals surface area contributed by atoms with Crippen LogP contribution in [0, 0.1) is 20.8 Å². The smallest absolute Gasteiger partial charge is 0.170 e. The fraction of sp³-hybridized carbons (Fsp3) is 0.220. The van der Waals surface area contributed by atoms with Crippen molar-refractivity contribution in [3.63, 3.8) is 0 Å². The van der Waals surface area contributed by atoms with Crippen molar-refractivity contribution in [1.82, 2.24) is 25.4 Å². The highest BCUT2D eigenvalue weighted by atomic mass is 16.3. The molecule has 1 aromatic heterocycles. The number of aromatic nitrogens is 1. The molecule has 129 heavy (non-hydrogen) atoms. The average Bonchev–Trinajstić information content (AvgIpc) is 0.781. The fourth-order valence-corrected chi connectivity index (χ4v) is 14.3. The van der Waals surface area contributed by atoms with Crippen LogP contribution in [0.25, 0.3) is 22.4 Å². The molecule has 15 rings (SSSR count). The van der Waals surface area contributed by atoms with E-state index in [0.717, 1.165) is 108 Å². The molecule has 1 saturated heterocycles. The average molecular weight is 1760 g/mol. The number of phenols is 22. The summed E-state index contributed by atoms with van der Waals surface area (Å²) in [5, 5.41) is 224. The maximum atomic E-state index is 12.4. The molecule has 1 aliphatic carbocycles. The SMILES string of the molecule is Cc1ccc(C(C)C(=O)c2ccc(O)c(O)c2)cc1C.Cc1nc(-c2ccc(O)c(O)c2)cc(-c2ccc(O)c(O)c2)c1O.Oc1ccc(CCc2ccc(O)c(O)c2)cc1O.Oc1ccc(CN2CCN(Cc3ccc(O)c(O)c3)CC2)cc1O.Oc1ccc(CNC2CCCC[C@H]2NCc2ccc(O)c(O)c2)cc1O.Oc1ccc(Cc2ccc(O)c(O)c2)cc1O. The third-order valence-corrected chi connectivity index (χ3v) is 22.0. The molecular weight excluding hydrogens is 1660 g/mol. The lowest BCUT2D eigenvalue weighted by Crippen LogP contribution is -2.49. The Hall–Kier alpha value is -15.3. The summed E-state index contributed by atoms with van der Waals surface area (Å²) in [5.74, 6) is -4.00. The molecule has 1 aliphatic heterocycles. The van der Waals surface area contributed by atoms with Crippen LogP contribution in [0.3, 0.4) is 0 Å². The number of carbonyl (C=O) groups is 1. The predicted molar refractivity (Wildman–Crippen MR) is 485 cm³/mol. The van der Waals surface area contributed by atoms with Gasteiger partial charge in [-0.2, -0.15) is 0 Å². The van der Waals surface area contributed by atoms with Crippen LogP contribution >= 0.6 is 0 Å². The van der Waals surface area contributed by atoms with Crippen molar-refractivity contribution in [3.8, 4) is 155 Å². The highest BCUT2D eigenvalue weighted by Gasteiger charge is 2.26. The molecule has 0 amide bonds. The van der Waals surface area contributed by atoms with Crippen LogP contribution < -0.4 is 10.6 Å². The van der Waals surface area contributed by atoms with Crippen molar-refractivity contribution in [2.45, 2.75) is 117 Å². The predicted octanol–water partition coefficient (Wildman–Crippen LogP) is 15.9. The van der Waals surface area contributed by atoms with Gasteiger partial charge in [0.1, 0.15) is 5.75 Å². The van der Waals surface area contributed by atoms with E-state index in [-0.39, 0.29) is 144 Å². The number of nitrogens with one attached hydrogen (secondary N) is 2. The summed E-state index contributed by atoms with van der Waals surface area (Å²) in [6.07, 6.45) is 6.32. The van der Waals surface area contributed by atoms with E-state index in [0.29, 0.717) is 78.1 Å². The molecule has 2 heterocycles. The Kier molecular flexibility index (Phi) is 33.1. The van der Waals surface area contributed by atoms with Crippen LogP contribution in [0.1, 0.15) is 116 Å². The number of hydrogen-bond acceptors (Lipinski definition) is 29. The number of nitrogens with zero attached hydrogens (tertiary/aromatic N) is 3. The Balaban J connectivity index is 0.000000162. The van der Waals surface area contributed by atoms with Gasteiger partial charge >= 0.3 is 0 Å². The van der Waals surface area contributed by atoms with Gasteiger partial charge in [-0.3, -0.25) is 14.6 Å². The first kappa shape index (κ1) is 95.9. The number of pyridine rings is 1. The van der Waals surface area contributed by atoms with Crippen molar-refractivity contribution < 1.29 is 122 Å². The van der Waals surface area contributed by atoms with E-state index in [4.69, 9.17) is 10.2 Å². The number of aryl methyl sites for hydroxylation is 5. The van der Waals surface area contributed by atoms with E-state index in [1.807, 2.05) is 51.1 Å². The first-order valence-corrected chi connectivity index (χ1v) is 41.3. The zero-order valence-corrected chi connectivity index (χ0v) is 71.2. The zero-order chi connectivity index (χ0) is 93.4. The highest BCUT2D eigenvalue weighted by Crippen LogP contribution is 2.41. The molecule has 25 N–H and O–H groups in total. The summed E-state index contributed by atoms with van der Waals surface area (Å²) in [4.78, 5) is 21.3. The topological polar surface area (TPSA) is 526 Å². The molecule has 13 aromatic rings. The Morgan fingerprint density at radius 2 is 0.636 bits per heavy atom. The summed E-state index contributed by atoms with van der Waals surface area (Å²) in [7, 11) is 0. The number of piperazine rings is 1. The molecule has 29 nitrogen and oxygen atoms in total. The standard InChI is InChI=1S/C20H26N2O4.C18H22N2O4.C18H15NO5.C17H18O3.C14H14O4.C13H12O4/c23-17-7-5-13(9-19(17)25)11-21-15-3-1-2-4-16(15)22-12-14-6-8-18(24)20(26)10-14;21-15-3-1-13(9-17(15)23)11-19-5-7-20(8-6-19)12-14-2-4-16(22)18(24)10-14;1-9-18(24)12(10-2-4-14(20)16(22)6-10)8-13(19-9)11-3-5-15(21)17(23)7-11;1-10-4-5-13(8-11(10)2)12(3)17(20)14-6-7-15(18)16(19)9-14;15-11-5-3-9(7-13(11)17)1-2-10-4-6-12(16)14(18)8-10;14-10-3-1-8(6-12(10)16)5-9-2-4-11(15)13(17)7-9/h5-10,15-16,21-26H,1-4,11-12H2;1-4,9-10,21-24H,5-8,11-12H2;2-8,20-24H,1H3;4-9,12,18-19H,1-3H3;3-8,15-18H,1-2H2;1-4,6-7,14-17H,5H2/t15-,16?;;;;;/m1...../s1. The first-order chi connectivity index (χ1) is 61.4. The second kappa shape index (κ2) is 44.5. The second-order valence-electron chi connectivity index (χ2n) is 31.6. The number of benzene rings is 12. The summed E-state index contributed by atoms with van der Waals surface area (Å²) >= 11 is 0. The van der Waals surface area contributed by atoms with Crippen molar-refractivity contribution in [1.29, 1.82) is 0 Å². The normalized spacial score (nSPS) is 13.8. The van der Waals surface area contributed by atoms with Gasteiger partial charge in [-0.15, -0.1) is 0 Å². The Morgan fingerprint density at radius 1 is 0.326 bits per heavy atom. The minimum absolute atomic E-state index is 0.0492. The van der Waals surface area contributed by atoms with Crippen molar-refractivity contribution in [2.75, 3.05) is 26.2 Å². The van der Waals surface area contributed by atoms with Crippen LogP contribution in [-0.4, -0.2) is 176 Å². The quantitative estimate of drug-likeness (QED) is 0.0249. The third-order valence-electron chi connectivity index (χ3n) is 22.0. The zero-order valence-electron chi connectivity index (χ0n) is 71.2. The van der Waals surface area contributed by atoms with Crippen molar-refractivity contribution in [3.05, 3.63) is 297 Å². The molecule has 2 fully saturated rings. The van der Waals surface area contributed by atoms with E-state index in [2.05, 4.69) is 25.4 Å². The largest absolute Gasteiger partial charge is 0.505 e. The van der Waals surface area contributed by atoms with E-state index < -0.39 is 0 Å². The number of carbonyl (C=O) groups excluding carboxylic acids is 1. The molecule has 0 bridgehead atoms. The summed E-state index contributed by atoms with van der Waals surface area (Å²) in [6, 6.07) is 58.9.